The van der Waals surface area contributed by atoms with Gasteiger partial charge in [-0.3, -0.25) is 10.1 Å². The largest absolute Gasteiger partial charge is 0.477 e. The minimum absolute atomic E-state index is 0.0156. The zero-order chi connectivity index (χ0) is 24.4. The summed E-state index contributed by atoms with van der Waals surface area (Å²) in [4.78, 5) is 22.6. The van der Waals surface area contributed by atoms with Crippen molar-refractivity contribution in [2.45, 2.75) is 19.1 Å². The number of nitrogens with zero attached hydrogens (tertiary/aromatic N) is 3. The van der Waals surface area contributed by atoms with E-state index >= 15 is 0 Å². The lowest BCUT2D eigenvalue weighted by molar-refractivity contribution is -0.385. The molecular weight excluding hydrogens is 482 g/mol. The van der Waals surface area contributed by atoms with E-state index in [1.54, 1.807) is 56.3 Å². The van der Waals surface area contributed by atoms with Gasteiger partial charge in [0.15, 0.2) is 0 Å². The van der Waals surface area contributed by atoms with Crippen LogP contribution in [0.1, 0.15) is 16.9 Å². The van der Waals surface area contributed by atoms with E-state index < -0.39 is 10.9 Å². The van der Waals surface area contributed by atoms with Crippen LogP contribution < -0.4 is 0 Å². The van der Waals surface area contributed by atoms with Gasteiger partial charge in [-0.25, -0.2) is 4.79 Å². The van der Waals surface area contributed by atoms with Gasteiger partial charge in [0.1, 0.15) is 16.4 Å². The van der Waals surface area contributed by atoms with Crippen LogP contribution in [0.4, 0.5) is 5.69 Å². The van der Waals surface area contributed by atoms with Crippen LogP contribution in [0.15, 0.2) is 67.5 Å². The fraction of sp³-hybridized carbons (Fsp3) is 0.0870. The number of nitro benzene ring substituents is 1. The van der Waals surface area contributed by atoms with Gasteiger partial charge in [-0.15, -0.1) is 10.2 Å². The predicted octanol–water partition coefficient (Wildman–Crippen LogP) is 6.39. The number of carboxylic acid groups (broad SMARTS) is 1. The van der Waals surface area contributed by atoms with E-state index in [2.05, 4.69) is 10.2 Å². The zero-order valence-corrected chi connectivity index (χ0v) is 19.4. The van der Waals surface area contributed by atoms with Gasteiger partial charge in [0.25, 0.3) is 10.9 Å². The van der Waals surface area contributed by atoms with Gasteiger partial charge in [-0.2, -0.15) is 0 Å². The monoisotopic (exact) mass is 497 g/mol. The Labute approximate surface area is 202 Å². The van der Waals surface area contributed by atoms with Gasteiger partial charge in [0.2, 0.25) is 5.89 Å². The number of carboxylic acids is 1. The molecule has 0 spiro atoms. The number of rotatable bonds is 7. The third-order valence-electron chi connectivity index (χ3n) is 4.93. The molecule has 0 saturated heterocycles. The van der Waals surface area contributed by atoms with Crippen molar-refractivity contribution in [3.8, 4) is 22.8 Å². The summed E-state index contributed by atoms with van der Waals surface area (Å²) in [6.45, 7) is 3.46. The highest BCUT2D eigenvalue weighted by Crippen LogP contribution is 2.33. The van der Waals surface area contributed by atoms with E-state index in [0.717, 1.165) is 17.3 Å². The van der Waals surface area contributed by atoms with Crippen molar-refractivity contribution in [2.75, 3.05) is 0 Å². The van der Waals surface area contributed by atoms with E-state index in [-0.39, 0.29) is 27.5 Å². The lowest BCUT2D eigenvalue weighted by Gasteiger charge is -2.04. The highest BCUT2D eigenvalue weighted by atomic mass is 35.5. The van der Waals surface area contributed by atoms with Crippen LogP contribution in [0.3, 0.4) is 0 Å². The molecule has 4 rings (SSSR count). The molecule has 1 N–H and O–H groups in total. The summed E-state index contributed by atoms with van der Waals surface area (Å²) >= 11 is 6.65. The number of aliphatic carboxylic acids is 1. The molecule has 0 aliphatic carbocycles. The molecule has 0 fully saturated rings. The van der Waals surface area contributed by atoms with Crippen LogP contribution in [-0.4, -0.2) is 26.2 Å². The first-order valence-electron chi connectivity index (χ1n) is 9.79. The van der Waals surface area contributed by atoms with E-state index in [1.165, 1.54) is 12.1 Å². The van der Waals surface area contributed by atoms with Crippen LogP contribution in [0.5, 0.6) is 0 Å². The van der Waals surface area contributed by atoms with Crippen molar-refractivity contribution in [1.29, 1.82) is 0 Å². The van der Waals surface area contributed by atoms with Crippen LogP contribution in [-0.2, 0) is 4.79 Å². The molecular formula is C23H16ClN3O6S. The van der Waals surface area contributed by atoms with E-state index in [9.17, 15) is 20.0 Å². The zero-order valence-electron chi connectivity index (χ0n) is 17.8. The molecule has 0 unspecified atom stereocenters. The van der Waals surface area contributed by atoms with Crippen LogP contribution in [0, 0.1) is 24.0 Å². The Morgan fingerprint density at radius 3 is 2.50 bits per heavy atom. The number of benzene rings is 2. The number of nitro groups is 1. The highest BCUT2D eigenvalue weighted by Gasteiger charge is 2.19. The first kappa shape index (κ1) is 23.3. The van der Waals surface area contributed by atoms with Crippen LogP contribution in [0.25, 0.3) is 28.9 Å². The smallest absolute Gasteiger partial charge is 0.342 e. The second-order valence-electron chi connectivity index (χ2n) is 7.19. The maximum atomic E-state index is 11.8. The molecule has 0 aliphatic heterocycles. The van der Waals surface area contributed by atoms with E-state index in [1.807, 2.05) is 0 Å². The molecule has 2 heterocycles. The number of carbonyl (C=O) groups is 1. The third kappa shape index (κ3) is 5.03. The van der Waals surface area contributed by atoms with Crippen molar-refractivity contribution in [1.82, 2.24) is 10.2 Å². The fourth-order valence-corrected chi connectivity index (χ4v) is 3.86. The lowest BCUT2D eigenvalue weighted by atomic mass is 10.0. The summed E-state index contributed by atoms with van der Waals surface area (Å²) in [6.07, 6.45) is 1.32. The minimum Gasteiger partial charge on any atom is -0.477 e. The summed E-state index contributed by atoms with van der Waals surface area (Å²) in [5.74, 6) is -0.371. The average molecular weight is 498 g/mol. The number of furan rings is 1. The van der Waals surface area contributed by atoms with Crippen LogP contribution in [0.2, 0.25) is 5.02 Å². The number of halogens is 1. The van der Waals surface area contributed by atoms with Gasteiger partial charge in [-0.05, 0) is 73.6 Å². The second kappa shape index (κ2) is 9.54. The summed E-state index contributed by atoms with van der Waals surface area (Å²) in [5, 5.41) is 29.4. The van der Waals surface area contributed by atoms with Crippen molar-refractivity contribution in [2.24, 2.45) is 0 Å². The lowest BCUT2D eigenvalue weighted by Crippen LogP contribution is -1.96. The Kier molecular flexibility index (Phi) is 6.53. The minimum atomic E-state index is -1.21. The van der Waals surface area contributed by atoms with Crippen molar-refractivity contribution < 1.29 is 23.7 Å². The number of aromatic nitrogens is 2. The van der Waals surface area contributed by atoms with Gasteiger partial charge in [-0.1, -0.05) is 11.6 Å². The molecule has 2 aromatic heterocycles. The van der Waals surface area contributed by atoms with Gasteiger partial charge in [0.05, 0.1) is 4.92 Å². The number of thioether (sulfide) groups is 1. The standard InChI is InChI=1S/C23H16ClN3O6S/c1-12-9-15(10-18(13(12)2)27(30)31)19-8-7-17(32-19)11-20(22(28)29)34-23-26-25-21(33-23)14-3-5-16(24)6-4-14/h3-11H,1-2H3,(H,28,29)/b20-11-. The molecule has 0 saturated carbocycles. The van der Waals surface area contributed by atoms with E-state index in [4.69, 9.17) is 20.4 Å². The summed E-state index contributed by atoms with van der Waals surface area (Å²) in [7, 11) is 0. The molecule has 34 heavy (non-hydrogen) atoms. The van der Waals surface area contributed by atoms with E-state index in [0.29, 0.717) is 27.5 Å². The Bertz CT molecular complexity index is 1420. The average Bonchev–Trinajstić information content (AvgIpc) is 3.45. The van der Waals surface area contributed by atoms with Gasteiger partial charge in [0, 0.05) is 33.9 Å². The maximum absolute atomic E-state index is 11.8. The SMILES string of the molecule is Cc1cc(-c2ccc(/C=C(\Sc3nnc(-c4ccc(Cl)cc4)o3)C(=O)O)o2)cc([N+](=O)[O-])c1C. The Hall–Kier alpha value is -3.89. The fourth-order valence-electron chi connectivity index (χ4n) is 3.08. The van der Waals surface area contributed by atoms with Gasteiger partial charge < -0.3 is 13.9 Å². The first-order chi connectivity index (χ1) is 16.2. The molecule has 2 aromatic carbocycles. The highest BCUT2D eigenvalue weighted by molar-refractivity contribution is 8.03. The summed E-state index contributed by atoms with van der Waals surface area (Å²) < 4.78 is 11.3. The molecule has 0 bridgehead atoms. The summed E-state index contributed by atoms with van der Waals surface area (Å²) in [6, 6.07) is 13.2. The maximum Gasteiger partial charge on any atom is 0.342 e. The molecule has 9 nitrogen and oxygen atoms in total. The molecule has 0 atom stereocenters. The van der Waals surface area contributed by atoms with Crippen molar-refractivity contribution in [3.05, 3.63) is 85.5 Å². The molecule has 0 radical (unpaired) electrons. The molecule has 0 aliphatic rings. The third-order valence-corrected chi connectivity index (χ3v) is 6.03. The normalized spacial score (nSPS) is 11.6. The second-order valence-corrected chi connectivity index (χ2v) is 8.62. The predicted molar refractivity (Wildman–Crippen MR) is 126 cm³/mol. The Morgan fingerprint density at radius 2 is 1.82 bits per heavy atom. The topological polar surface area (TPSA) is 132 Å². The molecule has 11 heteroatoms. The quantitative estimate of drug-likeness (QED) is 0.133. The van der Waals surface area contributed by atoms with Crippen LogP contribution >= 0.6 is 23.4 Å². The number of aryl methyl sites for hydroxylation is 1. The summed E-state index contributed by atoms with van der Waals surface area (Å²) in [5.41, 5.74) is 2.46. The first-order valence-corrected chi connectivity index (χ1v) is 11.0. The Morgan fingerprint density at radius 1 is 1.09 bits per heavy atom. The van der Waals surface area contributed by atoms with Gasteiger partial charge >= 0.3 is 5.97 Å². The number of hydrogen-bond acceptors (Lipinski definition) is 8. The molecule has 172 valence electrons. The Balaban J connectivity index is 1.59. The molecule has 4 aromatic rings. The van der Waals surface area contributed by atoms with Crippen molar-refractivity contribution >= 4 is 41.1 Å². The number of hydrogen-bond donors (Lipinski definition) is 1. The van der Waals surface area contributed by atoms with Crippen molar-refractivity contribution in [3.63, 3.8) is 0 Å². The molecule has 0 amide bonds.